The molecule has 1 aliphatic rings. The SMILES string of the molecule is FC(F)(F)c1nnc(-c2cc3c(C[C@H]4CO4)cccc3o2)o1. The Labute approximate surface area is 121 Å². The molecule has 1 saturated heterocycles. The molecule has 3 aromatic rings. The first-order chi connectivity index (χ1) is 10.5. The van der Waals surface area contributed by atoms with Gasteiger partial charge in [-0.3, -0.25) is 0 Å². The summed E-state index contributed by atoms with van der Waals surface area (Å²) in [5.74, 6) is -1.58. The summed E-state index contributed by atoms with van der Waals surface area (Å²) in [7, 11) is 0. The minimum Gasteiger partial charge on any atom is -0.451 e. The Hall–Kier alpha value is -2.35. The average molecular weight is 310 g/mol. The van der Waals surface area contributed by atoms with Crippen molar-refractivity contribution in [3.05, 3.63) is 35.7 Å². The number of rotatable bonds is 3. The first kappa shape index (κ1) is 13.3. The molecular weight excluding hydrogens is 301 g/mol. The summed E-state index contributed by atoms with van der Waals surface area (Å²) in [6.07, 6.45) is -3.75. The summed E-state index contributed by atoms with van der Waals surface area (Å²) < 4.78 is 52.8. The van der Waals surface area contributed by atoms with Gasteiger partial charge in [0.25, 0.3) is 5.89 Å². The molecule has 22 heavy (non-hydrogen) atoms. The molecule has 1 aliphatic heterocycles. The number of ether oxygens (including phenoxy) is 1. The summed E-state index contributed by atoms with van der Waals surface area (Å²) in [5.41, 5.74) is 1.56. The van der Waals surface area contributed by atoms with E-state index in [0.717, 1.165) is 24.0 Å². The van der Waals surface area contributed by atoms with E-state index in [2.05, 4.69) is 14.6 Å². The van der Waals surface area contributed by atoms with Gasteiger partial charge >= 0.3 is 12.1 Å². The van der Waals surface area contributed by atoms with Gasteiger partial charge in [0.2, 0.25) is 0 Å². The normalized spacial score (nSPS) is 18.0. The predicted octanol–water partition coefficient (Wildman–Crippen LogP) is 3.44. The lowest BCUT2D eigenvalue weighted by atomic mass is 10.1. The molecule has 5 nitrogen and oxygen atoms in total. The van der Waals surface area contributed by atoms with Gasteiger partial charge in [-0.25, -0.2) is 0 Å². The molecule has 0 bridgehead atoms. The van der Waals surface area contributed by atoms with Crippen molar-refractivity contribution >= 4 is 11.0 Å². The Morgan fingerprint density at radius 2 is 2.00 bits per heavy atom. The molecule has 3 heterocycles. The van der Waals surface area contributed by atoms with Crippen LogP contribution >= 0.6 is 0 Å². The average Bonchev–Trinajstić information content (AvgIpc) is 2.99. The number of alkyl halides is 3. The molecule has 1 aromatic carbocycles. The van der Waals surface area contributed by atoms with Crippen molar-refractivity contribution in [1.82, 2.24) is 10.2 Å². The highest BCUT2D eigenvalue weighted by Gasteiger charge is 2.38. The van der Waals surface area contributed by atoms with E-state index in [0.29, 0.717) is 5.58 Å². The lowest BCUT2D eigenvalue weighted by Gasteiger charge is -1.98. The maximum Gasteiger partial charge on any atom is 0.470 e. The molecule has 0 spiro atoms. The number of epoxide rings is 1. The van der Waals surface area contributed by atoms with Gasteiger partial charge in [-0.05, 0) is 17.7 Å². The Morgan fingerprint density at radius 3 is 2.68 bits per heavy atom. The number of hydrogen-bond acceptors (Lipinski definition) is 5. The fraction of sp³-hybridized carbons (Fsp3) is 0.286. The molecule has 1 atom stereocenters. The summed E-state index contributed by atoms with van der Waals surface area (Å²) in [6.45, 7) is 0.722. The molecule has 114 valence electrons. The monoisotopic (exact) mass is 310 g/mol. The number of nitrogens with zero attached hydrogens (tertiary/aromatic N) is 2. The fourth-order valence-electron chi connectivity index (χ4n) is 2.27. The van der Waals surface area contributed by atoms with Gasteiger partial charge in [-0.2, -0.15) is 13.2 Å². The first-order valence-electron chi connectivity index (χ1n) is 6.55. The van der Waals surface area contributed by atoms with E-state index in [9.17, 15) is 13.2 Å². The lowest BCUT2D eigenvalue weighted by Crippen LogP contribution is -2.04. The lowest BCUT2D eigenvalue weighted by molar-refractivity contribution is -0.157. The van der Waals surface area contributed by atoms with E-state index in [1.807, 2.05) is 12.1 Å². The van der Waals surface area contributed by atoms with Crippen LogP contribution in [-0.2, 0) is 17.3 Å². The van der Waals surface area contributed by atoms with Crippen molar-refractivity contribution in [2.24, 2.45) is 0 Å². The Bertz CT molecular complexity index is 833. The second kappa shape index (κ2) is 4.57. The van der Waals surface area contributed by atoms with Crippen molar-refractivity contribution in [3.63, 3.8) is 0 Å². The van der Waals surface area contributed by atoms with Crippen LogP contribution in [0.1, 0.15) is 11.5 Å². The van der Waals surface area contributed by atoms with Crippen LogP contribution in [0.5, 0.6) is 0 Å². The van der Waals surface area contributed by atoms with E-state index in [4.69, 9.17) is 9.15 Å². The minimum absolute atomic E-state index is 0.113. The van der Waals surface area contributed by atoms with Crippen LogP contribution in [0.2, 0.25) is 0 Å². The van der Waals surface area contributed by atoms with Gasteiger partial charge in [-0.1, -0.05) is 12.1 Å². The Kier molecular flexibility index (Phi) is 2.77. The van der Waals surface area contributed by atoms with E-state index in [1.165, 1.54) is 0 Å². The number of halogens is 3. The van der Waals surface area contributed by atoms with Crippen molar-refractivity contribution in [1.29, 1.82) is 0 Å². The first-order valence-corrected chi connectivity index (χ1v) is 6.55. The van der Waals surface area contributed by atoms with Gasteiger partial charge in [0.1, 0.15) is 5.58 Å². The predicted molar refractivity (Wildman–Crippen MR) is 68.0 cm³/mol. The van der Waals surface area contributed by atoms with Crippen LogP contribution in [0.15, 0.2) is 33.1 Å². The summed E-state index contributed by atoms with van der Waals surface area (Å²) in [6, 6.07) is 7.10. The van der Waals surface area contributed by atoms with Crippen LogP contribution in [0.4, 0.5) is 13.2 Å². The Balaban J connectivity index is 1.74. The number of benzene rings is 1. The third-order valence-corrected chi connectivity index (χ3v) is 3.38. The van der Waals surface area contributed by atoms with Crippen molar-refractivity contribution in [3.8, 4) is 11.7 Å². The number of hydrogen-bond donors (Lipinski definition) is 0. The van der Waals surface area contributed by atoms with Gasteiger partial charge in [-0.15, -0.1) is 10.2 Å². The summed E-state index contributed by atoms with van der Waals surface area (Å²) in [5, 5.41) is 7.19. The quantitative estimate of drug-likeness (QED) is 0.693. The van der Waals surface area contributed by atoms with Gasteiger partial charge < -0.3 is 13.6 Å². The van der Waals surface area contributed by atoms with E-state index < -0.39 is 12.1 Å². The topological polar surface area (TPSA) is 64.6 Å². The van der Waals surface area contributed by atoms with Crippen LogP contribution in [0, 0.1) is 0 Å². The maximum atomic E-state index is 12.5. The molecule has 4 rings (SSSR count). The number of fused-ring (bicyclic) bond motifs is 1. The number of furan rings is 1. The van der Waals surface area contributed by atoms with Crippen molar-refractivity contribution in [2.75, 3.05) is 6.61 Å². The fourth-order valence-corrected chi connectivity index (χ4v) is 2.27. The molecular formula is C14H9F3N2O3. The zero-order chi connectivity index (χ0) is 15.3. The smallest absolute Gasteiger partial charge is 0.451 e. The highest BCUT2D eigenvalue weighted by Crippen LogP contribution is 2.34. The largest absolute Gasteiger partial charge is 0.470 e. The van der Waals surface area contributed by atoms with Crippen LogP contribution in [-0.4, -0.2) is 22.9 Å². The maximum absolute atomic E-state index is 12.5. The van der Waals surface area contributed by atoms with Crippen molar-refractivity contribution < 1.29 is 26.7 Å². The second-order valence-electron chi connectivity index (χ2n) is 5.01. The number of aromatic nitrogens is 2. The van der Waals surface area contributed by atoms with Crippen molar-refractivity contribution in [2.45, 2.75) is 18.7 Å². The molecule has 0 radical (unpaired) electrons. The molecule has 0 unspecified atom stereocenters. The second-order valence-corrected chi connectivity index (χ2v) is 5.01. The highest BCUT2D eigenvalue weighted by atomic mass is 19.4. The third kappa shape index (κ3) is 2.35. The zero-order valence-electron chi connectivity index (χ0n) is 11.1. The van der Waals surface area contributed by atoms with E-state index >= 15 is 0 Å². The molecule has 0 aliphatic carbocycles. The standard InChI is InChI=1S/C14H9F3N2O3/c15-14(16,17)13-19-18-12(22-13)11-5-9-7(4-8-6-20-8)2-1-3-10(9)21-11/h1-3,5,8H,4,6H2/t8-/m0/s1. The molecule has 0 saturated carbocycles. The molecule has 1 fully saturated rings. The van der Waals surface area contributed by atoms with E-state index in [1.54, 1.807) is 12.1 Å². The Morgan fingerprint density at radius 1 is 1.18 bits per heavy atom. The van der Waals surface area contributed by atoms with Gasteiger partial charge in [0, 0.05) is 11.8 Å². The van der Waals surface area contributed by atoms with Crippen LogP contribution in [0.3, 0.4) is 0 Å². The van der Waals surface area contributed by atoms with Gasteiger partial charge in [0.05, 0.1) is 12.7 Å². The molecule has 8 heteroatoms. The summed E-state index contributed by atoms with van der Waals surface area (Å²) >= 11 is 0. The minimum atomic E-state index is -4.67. The third-order valence-electron chi connectivity index (χ3n) is 3.38. The summed E-state index contributed by atoms with van der Waals surface area (Å²) in [4.78, 5) is 0. The molecule has 2 aromatic heterocycles. The highest BCUT2D eigenvalue weighted by molar-refractivity contribution is 5.84. The van der Waals surface area contributed by atoms with Gasteiger partial charge in [0.15, 0.2) is 5.76 Å². The molecule has 0 N–H and O–H groups in total. The zero-order valence-corrected chi connectivity index (χ0v) is 11.1. The van der Waals surface area contributed by atoms with E-state index in [-0.39, 0.29) is 17.8 Å². The molecule has 0 amide bonds. The van der Waals surface area contributed by atoms with Crippen LogP contribution in [0.25, 0.3) is 22.6 Å². The van der Waals surface area contributed by atoms with Crippen LogP contribution < -0.4 is 0 Å².